The lowest BCUT2D eigenvalue weighted by Gasteiger charge is -2.24. The molecule has 3 heteroatoms. The van der Waals surface area contributed by atoms with E-state index in [1.807, 2.05) is 0 Å². The molecule has 1 aliphatic heterocycles. The number of carbonyl (C=O) groups excluding carboxylic acids is 2. The quantitative estimate of drug-likeness (QED) is 0.409. The predicted molar refractivity (Wildman–Crippen MR) is 61.7 cm³/mol. The normalized spacial score (nSPS) is 21.1. The molecule has 0 radical (unpaired) electrons. The molecule has 1 aliphatic rings. The molecule has 0 N–H and O–H groups in total. The SMILES string of the molecule is C=C(CC1CC(=O)OC1=O)CC(C)(C)CC. The summed E-state index contributed by atoms with van der Waals surface area (Å²) in [4.78, 5) is 22.2. The van der Waals surface area contributed by atoms with Crippen molar-refractivity contribution in [2.75, 3.05) is 0 Å². The van der Waals surface area contributed by atoms with Crippen molar-refractivity contribution in [3.8, 4) is 0 Å². The summed E-state index contributed by atoms with van der Waals surface area (Å²) < 4.78 is 4.51. The third-order valence-corrected chi connectivity index (χ3v) is 3.18. The Hall–Kier alpha value is -1.12. The lowest BCUT2D eigenvalue weighted by Crippen LogP contribution is -2.14. The number of allylic oxidation sites excluding steroid dienone is 1. The highest BCUT2D eigenvalue weighted by molar-refractivity contribution is 5.94. The van der Waals surface area contributed by atoms with Crippen LogP contribution in [0.3, 0.4) is 0 Å². The third kappa shape index (κ3) is 3.47. The summed E-state index contributed by atoms with van der Waals surface area (Å²) in [6.45, 7) is 10.5. The lowest BCUT2D eigenvalue weighted by atomic mass is 9.81. The highest BCUT2D eigenvalue weighted by Gasteiger charge is 2.34. The van der Waals surface area contributed by atoms with E-state index in [9.17, 15) is 9.59 Å². The smallest absolute Gasteiger partial charge is 0.317 e. The maximum Gasteiger partial charge on any atom is 0.317 e. The van der Waals surface area contributed by atoms with Gasteiger partial charge in [-0.05, 0) is 18.3 Å². The van der Waals surface area contributed by atoms with Crippen LogP contribution in [0.2, 0.25) is 0 Å². The van der Waals surface area contributed by atoms with Crippen molar-refractivity contribution in [3.63, 3.8) is 0 Å². The number of esters is 2. The van der Waals surface area contributed by atoms with Gasteiger partial charge < -0.3 is 4.74 Å². The zero-order valence-corrected chi connectivity index (χ0v) is 10.3. The monoisotopic (exact) mass is 224 g/mol. The van der Waals surface area contributed by atoms with Crippen molar-refractivity contribution in [1.82, 2.24) is 0 Å². The van der Waals surface area contributed by atoms with Gasteiger partial charge in [0.15, 0.2) is 0 Å². The fourth-order valence-corrected chi connectivity index (χ4v) is 1.90. The average Bonchev–Trinajstić information content (AvgIpc) is 2.44. The van der Waals surface area contributed by atoms with Crippen LogP contribution in [0.15, 0.2) is 12.2 Å². The van der Waals surface area contributed by atoms with Crippen LogP contribution in [0.5, 0.6) is 0 Å². The van der Waals surface area contributed by atoms with Gasteiger partial charge in [-0.25, -0.2) is 0 Å². The number of hydrogen-bond donors (Lipinski definition) is 0. The molecule has 0 aliphatic carbocycles. The van der Waals surface area contributed by atoms with Gasteiger partial charge in [-0.1, -0.05) is 39.3 Å². The molecule has 16 heavy (non-hydrogen) atoms. The number of cyclic esters (lactones) is 2. The first-order chi connectivity index (χ1) is 7.34. The van der Waals surface area contributed by atoms with Crippen LogP contribution < -0.4 is 0 Å². The van der Waals surface area contributed by atoms with Crippen LogP contribution >= 0.6 is 0 Å². The Kier molecular flexibility index (Phi) is 3.89. The second kappa shape index (κ2) is 4.81. The number of hydrogen-bond acceptors (Lipinski definition) is 3. The summed E-state index contributed by atoms with van der Waals surface area (Å²) in [6, 6.07) is 0. The van der Waals surface area contributed by atoms with Gasteiger partial charge in [-0.2, -0.15) is 0 Å². The van der Waals surface area contributed by atoms with Crippen molar-refractivity contribution >= 4 is 11.9 Å². The van der Waals surface area contributed by atoms with E-state index >= 15 is 0 Å². The molecule has 1 heterocycles. The Morgan fingerprint density at radius 1 is 1.50 bits per heavy atom. The fraction of sp³-hybridized carbons (Fsp3) is 0.692. The summed E-state index contributed by atoms with van der Waals surface area (Å²) in [7, 11) is 0. The lowest BCUT2D eigenvalue weighted by molar-refractivity contribution is -0.153. The van der Waals surface area contributed by atoms with Crippen molar-refractivity contribution in [3.05, 3.63) is 12.2 Å². The third-order valence-electron chi connectivity index (χ3n) is 3.18. The topological polar surface area (TPSA) is 43.4 Å². The highest BCUT2D eigenvalue weighted by atomic mass is 16.6. The Bertz CT molecular complexity index is 315. The van der Waals surface area contributed by atoms with Crippen LogP contribution in [-0.4, -0.2) is 11.9 Å². The van der Waals surface area contributed by atoms with E-state index in [4.69, 9.17) is 0 Å². The number of rotatable bonds is 5. The molecule has 1 rings (SSSR count). The first-order valence-corrected chi connectivity index (χ1v) is 5.75. The van der Waals surface area contributed by atoms with Gasteiger partial charge in [-0.15, -0.1) is 0 Å². The Labute approximate surface area is 96.9 Å². The molecule has 90 valence electrons. The van der Waals surface area contributed by atoms with Gasteiger partial charge >= 0.3 is 11.9 Å². The van der Waals surface area contributed by atoms with Gasteiger partial charge in [0.25, 0.3) is 0 Å². The molecule has 0 aromatic heterocycles. The first-order valence-electron chi connectivity index (χ1n) is 5.75. The maximum absolute atomic E-state index is 11.3. The van der Waals surface area contributed by atoms with Crippen LogP contribution in [-0.2, 0) is 14.3 Å². The molecule has 0 saturated carbocycles. The molecule has 0 spiro atoms. The zero-order valence-electron chi connectivity index (χ0n) is 10.3. The zero-order chi connectivity index (χ0) is 12.3. The second-order valence-corrected chi connectivity index (χ2v) is 5.34. The van der Waals surface area contributed by atoms with Crippen molar-refractivity contribution in [2.24, 2.45) is 11.3 Å². The minimum absolute atomic E-state index is 0.212. The summed E-state index contributed by atoms with van der Waals surface area (Å²) in [6.07, 6.45) is 2.75. The molecular formula is C13H20O3. The Morgan fingerprint density at radius 3 is 2.56 bits per heavy atom. The second-order valence-electron chi connectivity index (χ2n) is 5.34. The fourth-order valence-electron chi connectivity index (χ4n) is 1.90. The summed E-state index contributed by atoms with van der Waals surface area (Å²) >= 11 is 0. The molecule has 0 aromatic carbocycles. The van der Waals surface area contributed by atoms with Gasteiger partial charge in [0, 0.05) is 0 Å². The average molecular weight is 224 g/mol. The van der Waals surface area contributed by atoms with Crippen LogP contribution in [0.1, 0.15) is 46.5 Å². The van der Waals surface area contributed by atoms with Crippen molar-refractivity contribution in [2.45, 2.75) is 46.5 Å². The summed E-state index contributed by atoms with van der Waals surface area (Å²) in [5.74, 6) is -1.09. The number of ether oxygens (including phenoxy) is 1. The number of carbonyl (C=O) groups is 2. The van der Waals surface area contributed by atoms with E-state index in [1.54, 1.807) is 0 Å². The predicted octanol–water partition coefficient (Wildman–Crippen LogP) is 2.85. The van der Waals surface area contributed by atoms with Gasteiger partial charge in [0.05, 0.1) is 12.3 Å². The van der Waals surface area contributed by atoms with E-state index in [0.717, 1.165) is 18.4 Å². The molecule has 1 saturated heterocycles. The van der Waals surface area contributed by atoms with E-state index in [-0.39, 0.29) is 23.7 Å². The molecule has 1 atom stereocenters. The minimum atomic E-state index is -0.405. The molecule has 1 fully saturated rings. The van der Waals surface area contributed by atoms with Gasteiger partial charge in [-0.3, -0.25) is 9.59 Å². The Balaban J connectivity index is 2.46. The van der Waals surface area contributed by atoms with E-state index in [2.05, 4.69) is 32.1 Å². The van der Waals surface area contributed by atoms with Crippen LogP contribution in [0.4, 0.5) is 0 Å². The van der Waals surface area contributed by atoms with E-state index in [0.29, 0.717) is 6.42 Å². The maximum atomic E-state index is 11.3. The van der Waals surface area contributed by atoms with Gasteiger partial charge in [0.2, 0.25) is 0 Å². The van der Waals surface area contributed by atoms with E-state index in [1.165, 1.54) is 0 Å². The first kappa shape index (κ1) is 12.9. The molecule has 3 nitrogen and oxygen atoms in total. The van der Waals surface area contributed by atoms with Gasteiger partial charge in [0.1, 0.15) is 0 Å². The summed E-state index contributed by atoms with van der Waals surface area (Å²) in [5.41, 5.74) is 1.24. The highest BCUT2D eigenvalue weighted by Crippen LogP contribution is 2.32. The van der Waals surface area contributed by atoms with Crippen LogP contribution in [0.25, 0.3) is 0 Å². The molecule has 0 aromatic rings. The van der Waals surface area contributed by atoms with E-state index < -0.39 is 5.97 Å². The molecule has 0 amide bonds. The molecular weight excluding hydrogens is 204 g/mol. The molecule has 1 unspecified atom stereocenters. The van der Waals surface area contributed by atoms with Crippen molar-refractivity contribution in [1.29, 1.82) is 0 Å². The minimum Gasteiger partial charge on any atom is -0.393 e. The largest absolute Gasteiger partial charge is 0.393 e. The van der Waals surface area contributed by atoms with Crippen molar-refractivity contribution < 1.29 is 14.3 Å². The standard InChI is InChI=1S/C13H20O3/c1-5-13(3,4)8-9(2)6-10-7-11(14)16-12(10)15/h10H,2,5-8H2,1,3-4H3. The molecule has 0 bridgehead atoms. The summed E-state index contributed by atoms with van der Waals surface area (Å²) in [5, 5.41) is 0. The van der Waals surface area contributed by atoms with Crippen LogP contribution in [0, 0.1) is 11.3 Å². The Morgan fingerprint density at radius 2 is 2.12 bits per heavy atom.